The van der Waals surface area contributed by atoms with Crippen molar-refractivity contribution < 1.29 is 0 Å². The van der Waals surface area contributed by atoms with Crippen LogP contribution in [0.4, 0.5) is 23.3 Å². The van der Waals surface area contributed by atoms with Crippen molar-refractivity contribution in [3.8, 4) is 11.4 Å². The molecule has 0 saturated carbocycles. The van der Waals surface area contributed by atoms with E-state index in [9.17, 15) is 0 Å². The van der Waals surface area contributed by atoms with E-state index in [4.69, 9.17) is 15.0 Å². The van der Waals surface area contributed by atoms with Gasteiger partial charge in [-0.1, -0.05) is 110 Å². The normalized spacial score (nSPS) is 11.2. The summed E-state index contributed by atoms with van der Waals surface area (Å²) in [6.45, 7) is 13.7. The molecular formula is C45H65N5. The second-order valence-electron chi connectivity index (χ2n) is 14.1. The summed E-state index contributed by atoms with van der Waals surface area (Å²) < 4.78 is 0. The molecule has 0 aliphatic rings. The van der Waals surface area contributed by atoms with E-state index in [2.05, 4.69) is 88.6 Å². The minimum absolute atomic E-state index is 0.572. The molecule has 0 aliphatic heterocycles. The molecule has 1 aromatic heterocycles. The Balaban J connectivity index is 1.78. The molecular weight excluding hydrogens is 611 g/mol. The molecule has 0 bridgehead atoms. The molecule has 0 spiro atoms. The summed E-state index contributed by atoms with van der Waals surface area (Å²) in [5, 5.41) is 7.33. The van der Waals surface area contributed by atoms with E-state index in [1.54, 1.807) is 11.1 Å². The lowest BCUT2D eigenvalue weighted by Gasteiger charge is -2.19. The minimum atomic E-state index is 0.572. The summed E-state index contributed by atoms with van der Waals surface area (Å²) in [5.41, 5.74) is 12.2. The number of hydrogen-bond acceptors (Lipinski definition) is 5. The number of hydrogen-bond donors (Lipinski definition) is 2. The third-order valence-corrected chi connectivity index (χ3v) is 9.81. The third kappa shape index (κ3) is 11.7. The average Bonchev–Trinajstić information content (AvgIpc) is 3.13. The minimum Gasteiger partial charge on any atom is -0.324 e. The van der Waals surface area contributed by atoms with Crippen LogP contribution >= 0.6 is 0 Å². The fraction of sp³-hybridized carbons (Fsp3) is 0.533. The fourth-order valence-corrected chi connectivity index (χ4v) is 6.91. The lowest BCUT2D eigenvalue weighted by Crippen LogP contribution is -2.09. The maximum atomic E-state index is 5.02. The van der Waals surface area contributed by atoms with Gasteiger partial charge >= 0.3 is 0 Å². The number of nitrogens with one attached hydrogen (secondary N) is 2. The van der Waals surface area contributed by atoms with Crippen LogP contribution in [0.3, 0.4) is 0 Å². The first-order valence-corrected chi connectivity index (χ1v) is 20.2. The van der Waals surface area contributed by atoms with Crippen LogP contribution in [-0.2, 0) is 38.5 Å². The molecule has 4 aromatic rings. The zero-order chi connectivity index (χ0) is 35.6. The topological polar surface area (TPSA) is 62.7 Å². The predicted molar refractivity (Wildman–Crippen MR) is 216 cm³/mol. The van der Waals surface area contributed by atoms with Gasteiger partial charge in [-0.25, -0.2) is 0 Å². The van der Waals surface area contributed by atoms with Crippen LogP contribution in [0.2, 0.25) is 0 Å². The second-order valence-corrected chi connectivity index (χ2v) is 14.1. The summed E-state index contributed by atoms with van der Waals surface area (Å²) in [7, 11) is 0. The number of aromatic nitrogens is 3. The maximum absolute atomic E-state index is 5.02. The quantitative estimate of drug-likeness (QED) is 0.0819. The zero-order valence-corrected chi connectivity index (χ0v) is 32.3. The standard InChI is InChI=1S/C45H65N5/c1-7-13-22-35-30-39(31-36(23-14-8-2)41(35)28-17-11-5)46-44-48-43(34-26-20-19-21-27-34)49-45(50-44)47-40-32-37(24-15-9-3)42(29-18-12-6)38(33-40)25-16-10-4/h19-21,26-27,30-33H,7-18,22-25,28-29H2,1-6H3,(H2,46,47,48,49,50). The number of unbranched alkanes of at least 4 members (excludes halogenated alkanes) is 6. The van der Waals surface area contributed by atoms with Crippen LogP contribution in [0.25, 0.3) is 11.4 Å². The van der Waals surface area contributed by atoms with Crippen LogP contribution in [0, 0.1) is 0 Å². The molecule has 5 heteroatoms. The molecule has 0 saturated heterocycles. The van der Waals surface area contributed by atoms with Gasteiger partial charge in [-0.15, -0.1) is 0 Å². The van der Waals surface area contributed by atoms with Crippen LogP contribution in [-0.4, -0.2) is 15.0 Å². The number of benzene rings is 3. The molecule has 4 rings (SSSR count). The smallest absolute Gasteiger partial charge is 0.232 e. The molecule has 1 heterocycles. The Morgan fingerprint density at radius 2 is 0.760 bits per heavy atom. The van der Waals surface area contributed by atoms with E-state index in [1.165, 1.54) is 99.3 Å². The first-order chi connectivity index (χ1) is 24.5. The molecule has 0 atom stereocenters. The highest BCUT2D eigenvalue weighted by atomic mass is 15.2. The van der Waals surface area contributed by atoms with Crippen molar-refractivity contribution in [3.63, 3.8) is 0 Å². The zero-order valence-electron chi connectivity index (χ0n) is 32.3. The van der Waals surface area contributed by atoms with E-state index in [1.807, 2.05) is 18.2 Å². The van der Waals surface area contributed by atoms with Crippen molar-refractivity contribution in [1.29, 1.82) is 0 Å². The van der Waals surface area contributed by atoms with Gasteiger partial charge in [0.15, 0.2) is 5.82 Å². The SMILES string of the molecule is CCCCc1cc(Nc2nc(Nc3cc(CCCC)c(CCCC)c(CCCC)c3)nc(-c3ccccc3)n2)cc(CCCC)c1CCCC. The number of rotatable bonds is 23. The van der Waals surface area contributed by atoms with Gasteiger partial charge in [0, 0.05) is 16.9 Å². The molecule has 0 aliphatic carbocycles. The van der Waals surface area contributed by atoms with Gasteiger partial charge in [0.1, 0.15) is 0 Å². The molecule has 5 nitrogen and oxygen atoms in total. The van der Waals surface area contributed by atoms with E-state index in [0.29, 0.717) is 17.7 Å². The molecule has 0 amide bonds. The van der Waals surface area contributed by atoms with Gasteiger partial charge in [-0.05, 0) is 135 Å². The summed E-state index contributed by atoms with van der Waals surface area (Å²) in [5.74, 6) is 1.81. The van der Waals surface area contributed by atoms with Crippen molar-refractivity contribution in [2.45, 2.75) is 157 Å². The largest absolute Gasteiger partial charge is 0.324 e. The molecule has 0 radical (unpaired) electrons. The van der Waals surface area contributed by atoms with Gasteiger partial charge in [-0.2, -0.15) is 15.0 Å². The molecule has 3 aromatic carbocycles. The monoisotopic (exact) mass is 676 g/mol. The Morgan fingerprint density at radius 3 is 1.10 bits per heavy atom. The van der Waals surface area contributed by atoms with Crippen molar-refractivity contribution in [1.82, 2.24) is 15.0 Å². The van der Waals surface area contributed by atoms with E-state index >= 15 is 0 Å². The van der Waals surface area contributed by atoms with Crippen molar-refractivity contribution >= 4 is 23.3 Å². The van der Waals surface area contributed by atoms with Gasteiger partial charge in [0.25, 0.3) is 0 Å². The van der Waals surface area contributed by atoms with E-state index in [-0.39, 0.29) is 0 Å². The molecule has 270 valence electrons. The Hall–Kier alpha value is -3.73. The van der Waals surface area contributed by atoms with E-state index in [0.717, 1.165) is 55.5 Å². The Morgan fingerprint density at radius 1 is 0.420 bits per heavy atom. The summed E-state index contributed by atoms with van der Waals surface area (Å²) in [6.07, 6.45) is 21.2. The van der Waals surface area contributed by atoms with Gasteiger partial charge < -0.3 is 10.6 Å². The lowest BCUT2D eigenvalue weighted by molar-refractivity contribution is 0.735. The molecule has 0 unspecified atom stereocenters. The predicted octanol–water partition coefficient (Wildman–Crippen LogP) is 13.1. The van der Waals surface area contributed by atoms with Crippen molar-refractivity contribution in [3.05, 3.63) is 88.0 Å². The number of anilines is 4. The number of aryl methyl sites for hydroxylation is 4. The average molecular weight is 676 g/mol. The summed E-state index contributed by atoms with van der Waals surface area (Å²) in [6, 6.07) is 19.7. The third-order valence-electron chi connectivity index (χ3n) is 9.81. The highest BCUT2D eigenvalue weighted by Crippen LogP contribution is 2.31. The lowest BCUT2D eigenvalue weighted by atomic mass is 9.90. The fourth-order valence-electron chi connectivity index (χ4n) is 6.91. The Kier molecular flexibility index (Phi) is 16.8. The first kappa shape index (κ1) is 39.1. The van der Waals surface area contributed by atoms with Crippen LogP contribution in [0.15, 0.2) is 54.6 Å². The van der Waals surface area contributed by atoms with Gasteiger partial charge in [0.05, 0.1) is 0 Å². The van der Waals surface area contributed by atoms with Crippen LogP contribution in [0.5, 0.6) is 0 Å². The highest BCUT2D eigenvalue weighted by Gasteiger charge is 2.16. The second kappa shape index (κ2) is 21.5. The highest BCUT2D eigenvalue weighted by molar-refractivity contribution is 5.66. The first-order valence-electron chi connectivity index (χ1n) is 20.2. The van der Waals surface area contributed by atoms with Crippen LogP contribution < -0.4 is 10.6 Å². The molecule has 0 fully saturated rings. The van der Waals surface area contributed by atoms with E-state index < -0.39 is 0 Å². The summed E-state index contributed by atoms with van der Waals surface area (Å²) >= 11 is 0. The Bertz CT molecular complexity index is 1420. The Labute approximate surface area is 304 Å². The van der Waals surface area contributed by atoms with Gasteiger partial charge in [0.2, 0.25) is 11.9 Å². The number of nitrogens with zero attached hydrogens (tertiary/aromatic N) is 3. The summed E-state index contributed by atoms with van der Waals surface area (Å²) in [4.78, 5) is 15.0. The van der Waals surface area contributed by atoms with Crippen molar-refractivity contribution in [2.24, 2.45) is 0 Å². The van der Waals surface area contributed by atoms with Crippen molar-refractivity contribution in [2.75, 3.05) is 10.6 Å². The maximum Gasteiger partial charge on any atom is 0.232 e. The van der Waals surface area contributed by atoms with Gasteiger partial charge in [-0.3, -0.25) is 0 Å². The van der Waals surface area contributed by atoms with Crippen LogP contribution in [0.1, 0.15) is 152 Å². The molecule has 50 heavy (non-hydrogen) atoms. The molecule has 2 N–H and O–H groups in total.